The van der Waals surface area contributed by atoms with Gasteiger partial charge in [-0.25, -0.2) is 8.42 Å². The summed E-state index contributed by atoms with van der Waals surface area (Å²) < 4.78 is 23.0. The number of carbonyl (C=O) groups excluding carboxylic acids is 1. The van der Waals surface area contributed by atoms with Crippen molar-refractivity contribution in [1.82, 2.24) is 20.1 Å². The first-order valence-corrected chi connectivity index (χ1v) is 9.16. The predicted molar refractivity (Wildman–Crippen MR) is 83.8 cm³/mol. The van der Waals surface area contributed by atoms with Crippen molar-refractivity contribution in [2.45, 2.75) is 12.5 Å². The molecule has 1 saturated heterocycles. The van der Waals surface area contributed by atoms with Crippen molar-refractivity contribution in [3.8, 4) is 0 Å². The van der Waals surface area contributed by atoms with E-state index in [2.05, 4.69) is 10.3 Å². The van der Waals surface area contributed by atoms with Gasteiger partial charge < -0.3 is 9.74 Å². The van der Waals surface area contributed by atoms with Crippen molar-refractivity contribution < 1.29 is 18.0 Å². The second-order valence-corrected chi connectivity index (χ2v) is 8.10. The number of hydrogen-bond acceptors (Lipinski definition) is 6. The smallest absolute Gasteiger partial charge is 0.263 e. The normalized spacial score (nSPS) is 19.8. The first kappa shape index (κ1) is 16.0. The first-order valence-electron chi connectivity index (χ1n) is 6.96. The molecule has 2 aromatic rings. The molecule has 1 atom stereocenters. The molecule has 0 radical (unpaired) electrons. The molecule has 0 N–H and O–H groups in total. The fourth-order valence-corrected chi connectivity index (χ4v) is 4.41. The van der Waals surface area contributed by atoms with Crippen LogP contribution in [0.15, 0.2) is 18.2 Å². The van der Waals surface area contributed by atoms with Gasteiger partial charge in [-0.1, -0.05) is 16.4 Å². The van der Waals surface area contributed by atoms with Crippen molar-refractivity contribution in [2.24, 2.45) is 0 Å². The van der Waals surface area contributed by atoms with Crippen molar-refractivity contribution >= 4 is 38.4 Å². The molecular formula is C13H15ClN4O4S. The maximum atomic E-state index is 12.2. The third-order valence-electron chi connectivity index (χ3n) is 3.84. The summed E-state index contributed by atoms with van der Waals surface area (Å²) in [6.45, 7) is -0.266. The molecule has 10 heteroatoms. The Bertz CT molecular complexity index is 851. The van der Waals surface area contributed by atoms with Gasteiger partial charge in [-0.2, -0.15) is 0 Å². The molecule has 1 aliphatic rings. The minimum absolute atomic E-state index is 0.00287. The number of rotatable bonds is 4. The predicted octanol–water partition coefficient (Wildman–Crippen LogP) is 0.159. The molecule has 1 aromatic heterocycles. The van der Waals surface area contributed by atoms with E-state index in [1.807, 2.05) is 0 Å². The standard InChI is InChI=1S/C13H15ClN4O4S/c1-17(10-4-5-23(20,21)8-10)13(19)7-22-18-12-6-9(14)2-3-11(12)15-16-18/h2-3,6,10H,4-5,7-8H2,1H3/t10-/m1/s1. The van der Waals surface area contributed by atoms with Crippen LogP contribution in [0.2, 0.25) is 5.02 Å². The molecule has 1 aromatic carbocycles. The van der Waals surface area contributed by atoms with E-state index in [1.165, 1.54) is 4.90 Å². The van der Waals surface area contributed by atoms with E-state index in [4.69, 9.17) is 16.4 Å². The fraction of sp³-hybridized carbons (Fsp3) is 0.462. The van der Waals surface area contributed by atoms with E-state index in [0.29, 0.717) is 22.5 Å². The molecule has 8 nitrogen and oxygen atoms in total. The number of benzene rings is 1. The van der Waals surface area contributed by atoms with Crippen molar-refractivity contribution in [2.75, 3.05) is 25.2 Å². The van der Waals surface area contributed by atoms with Gasteiger partial charge in [-0.15, -0.1) is 5.10 Å². The van der Waals surface area contributed by atoms with Gasteiger partial charge in [0.1, 0.15) is 11.0 Å². The van der Waals surface area contributed by atoms with Gasteiger partial charge in [0.15, 0.2) is 16.4 Å². The minimum Gasteiger partial charge on any atom is -0.385 e. The molecular weight excluding hydrogens is 344 g/mol. The molecule has 0 spiro atoms. The molecule has 0 saturated carbocycles. The number of sulfone groups is 1. The highest BCUT2D eigenvalue weighted by Gasteiger charge is 2.32. The molecule has 0 unspecified atom stereocenters. The van der Waals surface area contributed by atoms with E-state index in [9.17, 15) is 13.2 Å². The van der Waals surface area contributed by atoms with Gasteiger partial charge in [0.05, 0.1) is 11.5 Å². The van der Waals surface area contributed by atoms with Crippen molar-refractivity contribution in [1.29, 1.82) is 0 Å². The molecule has 2 heterocycles. The lowest BCUT2D eigenvalue weighted by molar-refractivity contribution is -0.137. The topological polar surface area (TPSA) is 94.4 Å². The average molecular weight is 359 g/mol. The van der Waals surface area contributed by atoms with Crippen LogP contribution in [0, 0.1) is 0 Å². The lowest BCUT2D eigenvalue weighted by Gasteiger charge is -2.23. The van der Waals surface area contributed by atoms with Gasteiger partial charge in [-0.3, -0.25) is 4.79 Å². The fourth-order valence-electron chi connectivity index (χ4n) is 2.47. The molecule has 3 rings (SSSR count). The number of halogens is 1. The van der Waals surface area contributed by atoms with E-state index in [-0.39, 0.29) is 30.1 Å². The number of amides is 1. The van der Waals surface area contributed by atoms with Crippen molar-refractivity contribution in [3.05, 3.63) is 23.2 Å². The molecule has 0 aliphatic carbocycles. The Kier molecular flexibility index (Phi) is 4.15. The Morgan fingerprint density at radius 1 is 1.52 bits per heavy atom. The van der Waals surface area contributed by atoms with Crippen LogP contribution in [-0.4, -0.2) is 65.6 Å². The third-order valence-corrected chi connectivity index (χ3v) is 5.82. The van der Waals surface area contributed by atoms with Crippen LogP contribution in [0.1, 0.15) is 6.42 Å². The number of aromatic nitrogens is 3. The second-order valence-electron chi connectivity index (χ2n) is 5.43. The average Bonchev–Trinajstić information content (AvgIpc) is 3.06. The Hall–Kier alpha value is -1.87. The molecule has 124 valence electrons. The first-order chi connectivity index (χ1) is 10.9. The summed E-state index contributed by atoms with van der Waals surface area (Å²) in [6.07, 6.45) is 0.451. The maximum absolute atomic E-state index is 12.2. The van der Waals surface area contributed by atoms with E-state index in [1.54, 1.807) is 25.2 Å². The summed E-state index contributed by atoms with van der Waals surface area (Å²) in [7, 11) is -1.47. The second kappa shape index (κ2) is 5.97. The summed E-state index contributed by atoms with van der Waals surface area (Å²) in [5.41, 5.74) is 1.15. The summed E-state index contributed by atoms with van der Waals surface area (Å²) >= 11 is 5.92. The molecule has 0 bridgehead atoms. The van der Waals surface area contributed by atoms with Crippen LogP contribution < -0.4 is 4.84 Å². The Labute approximate surface area is 137 Å². The molecule has 23 heavy (non-hydrogen) atoms. The van der Waals surface area contributed by atoms with E-state index < -0.39 is 9.84 Å². The highest BCUT2D eigenvalue weighted by atomic mass is 35.5. The van der Waals surface area contributed by atoms with E-state index >= 15 is 0 Å². The van der Waals surface area contributed by atoms with Crippen LogP contribution in [0.25, 0.3) is 11.0 Å². The number of carbonyl (C=O) groups is 1. The lowest BCUT2D eigenvalue weighted by Crippen LogP contribution is -2.41. The highest BCUT2D eigenvalue weighted by molar-refractivity contribution is 7.91. The number of likely N-dealkylation sites (N-methyl/N-ethyl adjacent to an activating group) is 1. The van der Waals surface area contributed by atoms with Gasteiger partial charge in [0.2, 0.25) is 0 Å². The third kappa shape index (κ3) is 3.40. The lowest BCUT2D eigenvalue weighted by atomic mass is 10.2. The SMILES string of the molecule is CN(C(=O)COn1nnc2ccc(Cl)cc21)[C@@H]1CCS(=O)(=O)C1. The molecule has 1 fully saturated rings. The van der Waals surface area contributed by atoms with E-state index in [0.717, 1.165) is 4.85 Å². The largest absolute Gasteiger partial charge is 0.385 e. The highest BCUT2D eigenvalue weighted by Crippen LogP contribution is 2.17. The van der Waals surface area contributed by atoms with Crippen LogP contribution in [-0.2, 0) is 14.6 Å². The summed E-state index contributed by atoms with van der Waals surface area (Å²) in [5, 5.41) is 8.22. The van der Waals surface area contributed by atoms with Crippen molar-refractivity contribution in [3.63, 3.8) is 0 Å². The molecule has 1 amide bonds. The van der Waals surface area contributed by atoms with Gasteiger partial charge >= 0.3 is 0 Å². The maximum Gasteiger partial charge on any atom is 0.263 e. The van der Waals surface area contributed by atoms with Gasteiger partial charge in [-0.05, 0) is 29.8 Å². The van der Waals surface area contributed by atoms with Gasteiger partial charge in [0.25, 0.3) is 5.91 Å². The van der Waals surface area contributed by atoms with Crippen LogP contribution in [0.5, 0.6) is 0 Å². The Morgan fingerprint density at radius 3 is 3.00 bits per heavy atom. The summed E-state index contributed by atoms with van der Waals surface area (Å²) in [5.74, 6) is -0.211. The number of fused-ring (bicyclic) bond motifs is 1. The Balaban J connectivity index is 1.65. The van der Waals surface area contributed by atoms with Crippen LogP contribution in [0.4, 0.5) is 0 Å². The zero-order valence-corrected chi connectivity index (χ0v) is 13.9. The van der Waals surface area contributed by atoms with Crippen LogP contribution >= 0.6 is 11.6 Å². The molecule has 1 aliphatic heterocycles. The number of nitrogens with zero attached hydrogens (tertiary/aromatic N) is 4. The minimum atomic E-state index is -3.04. The zero-order chi connectivity index (χ0) is 16.6. The monoisotopic (exact) mass is 358 g/mol. The summed E-state index contributed by atoms with van der Waals surface area (Å²) in [4.78, 5) is 20.1. The summed E-state index contributed by atoms with van der Waals surface area (Å²) in [6, 6.07) is 4.71. The van der Waals surface area contributed by atoms with Gasteiger partial charge in [0, 0.05) is 18.1 Å². The quantitative estimate of drug-likeness (QED) is 0.772. The Morgan fingerprint density at radius 2 is 2.30 bits per heavy atom. The number of hydrogen-bond donors (Lipinski definition) is 0. The van der Waals surface area contributed by atoms with Crippen LogP contribution in [0.3, 0.4) is 0 Å². The zero-order valence-electron chi connectivity index (χ0n) is 12.3.